The van der Waals surface area contributed by atoms with Crippen LogP contribution in [0.15, 0.2) is 36.0 Å². The average Bonchev–Trinajstić information content (AvgIpc) is 3.68. The summed E-state index contributed by atoms with van der Waals surface area (Å²) < 4.78 is 22.8. The zero-order chi connectivity index (χ0) is 31.1. The zero-order valence-corrected chi connectivity index (χ0v) is 26.3. The van der Waals surface area contributed by atoms with Crippen LogP contribution in [0.2, 0.25) is 0 Å². The SMILES string of the molecule is CC[C@H](OC)[C@@H](C)[C@H]1O[C@@H]1C(N)C(C)(O)/C=C/C=C(\C)C1OC(=O)C[C@H](C)CC[C@@](C)(O)[C@@H](OC(C)=O)/C=C/[C@@H]1C. The van der Waals surface area contributed by atoms with Gasteiger partial charge in [0.15, 0.2) is 0 Å². The molecule has 0 amide bonds. The van der Waals surface area contributed by atoms with Gasteiger partial charge in [0.25, 0.3) is 0 Å². The molecule has 9 nitrogen and oxygen atoms in total. The minimum atomic E-state index is -1.34. The molecule has 1 saturated heterocycles. The first-order valence-corrected chi connectivity index (χ1v) is 14.8. The molecule has 11 atom stereocenters. The van der Waals surface area contributed by atoms with E-state index in [0.717, 1.165) is 12.0 Å². The monoisotopic (exact) mass is 579 g/mol. The number of hydrogen-bond acceptors (Lipinski definition) is 9. The van der Waals surface area contributed by atoms with E-state index < -0.39 is 35.4 Å². The van der Waals surface area contributed by atoms with Crippen molar-refractivity contribution in [1.82, 2.24) is 0 Å². The lowest BCUT2D eigenvalue weighted by Gasteiger charge is -2.32. The fourth-order valence-electron chi connectivity index (χ4n) is 5.55. The van der Waals surface area contributed by atoms with Gasteiger partial charge in [-0.25, -0.2) is 0 Å². The third-order valence-corrected chi connectivity index (χ3v) is 8.53. The number of allylic oxidation sites excluding steroid dienone is 2. The van der Waals surface area contributed by atoms with Crippen molar-refractivity contribution in [3.8, 4) is 0 Å². The summed E-state index contributed by atoms with van der Waals surface area (Å²) in [6.07, 6.45) is 8.89. The standard InChI is InChI=1S/C32H53NO8/c1-10-24(38-9)22(5)28-29(41-28)30(33)32(8,37)16-11-12-20(3)27-21(4)13-14-25(39-23(6)34)31(7,36)17-15-19(2)18-26(35)40-27/h11-14,16,19,21-22,24-25,27-30,36-37H,10,15,17-18,33H2,1-9H3/b14-13+,16-11+,20-12+/t19-,21+,22-,24+,25+,27?,28-,29+,30?,31-,32?/m1/s1. The highest BCUT2D eigenvalue weighted by atomic mass is 16.6. The van der Waals surface area contributed by atoms with Gasteiger partial charge in [0.1, 0.15) is 23.9 Å². The van der Waals surface area contributed by atoms with Crippen LogP contribution in [0.4, 0.5) is 0 Å². The predicted octanol–water partition coefficient (Wildman–Crippen LogP) is 4.00. The molecule has 234 valence electrons. The summed E-state index contributed by atoms with van der Waals surface area (Å²) in [6.45, 7) is 14.4. The van der Waals surface area contributed by atoms with E-state index in [1.807, 2.05) is 20.8 Å². The molecule has 41 heavy (non-hydrogen) atoms. The fraction of sp³-hybridized carbons (Fsp3) is 0.750. The number of rotatable bonds is 10. The lowest BCUT2D eigenvalue weighted by molar-refractivity contribution is -0.156. The second-order valence-electron chi connectivity index (χ2n) is 12.5. The Hall–Kier alpha value is -2.04. The van der Waals surface area contributed by atoms with Crippen LogP contribution in [0.25, 0.3) is 0 Å². The number of nitrogens with two attached hydrogens (primary N) is 1. The van der Waals surface area contributed by atoms with Crippen LogP contribution in [-0.4, -0.2) is 77.0 Å². The Morgan fingerprint density at radius 3 is 2.54 bits per heavy atom. The molecule has 0 aromatic carbocycles. The van der Waals surface area contributed by atoms with Gasteiger partial charge in [0.2, 0.25) is 0 Å². The van der Waals surface area contributed by atoms with Gasteiger partial charge in [-0.2, -0.15) is 0 Å². The minimum Gasteiger partial charge on any atom is -0.457 e. The van der Waals surface area contributed by atoms with E-state index in [2.05, 4.69) is 13.8 Å². The molecule has 0 radical (unpaired) electrons. The summed E-state index contributed by atoms with van der Waals surface area (Å²) in [5.41, 5.74) is 4.57. The molecule has 0 bridgehead atoms. The predicted molar refractivity (Wildman–Crippen MR) is 158 cm³/mol. The quantitative estimate of drug-likeness (QED) is 0.152. The number of cyclic esters (lactones) is 1. The smallest absolute Gasteiger partial charge is 0.306 e. The summed E-state index contributed by atoms with van der Waals surface area (Å²) in [4.78, 5) is 24.6. The van der Waals surface area contributed by atoms with Gasteiger partial charge < -0.3 is 34.9 Å². The molecule has 0 saturated carbocycles. The third-order valence-electron chi connectivity index (χ3n) is 8.53. The molecule has 9 heteroatoms. The molecule has 4 N–H and O–H groups in total. The Morgan fingerprint density at radius 1 is 1.29 bits per heavy atom. The first-order chi connectivity index (χ1) is 19.0. The lowest BCUT2D eigenvalue weighted by atomic mass is 9.86. The van der Waals surface area contributed by atoms with Crippen LogP contribution in [-0.2, 0) is 28.5 Å². The Bertz CT molecular complexity index is 967. The van der Waals surface area contributed by atoms with Gasteiger partial charge in [-0.3, -0.25) is 9.59 Å². The molecule has 2 aliphatic heterocycles. The topological polar surface area (TPSA) is 141 Å². The Kier molecular flexibility index (Phi) is 12.8. The molecule has 2 aliphatic rings. The summed E-state index contributed by atoms with van der Waals surface area (Å²) in [5, 5.41) is 22.2. The third kappa shape index (κ3) is 10.0. The van der Waals surface area contributed by atoms with Crippen molar-refractivity contribution < 1.29 is 38.7 Å². The van der Waals surface area contributed by atoms with Crippen molar-refractivity contribution in [3.05, 3.63) is 36.0 Å². The lowest BCUT2D eigenvalue weighted by Crippen LogP contribution is -2.49. The van der Waals surface area contributed by atoms with Crippen molar-refractivity contribution in [3.63, 3.8) is 0 Å². The summed E-state index contributed by atoms with van der Waals surface area (Å²) >= 11 is 0. The normalized spacial score (nSPS) is 36.2. The number of epoxide rings is 1. The number of esters is 2. The highest BCUT2D eigenvalue weighted by Gasteiger charge is 2.52. The molecule has 2 rings (SSSR count). The van der Waals surface area contributed by atoms with Crippen LogP contribution >= 0.6 is 0 Å². The molecule has 1 fully saturated rings. The van der Waals surface area contributed by atoms with Crippen molar-refractivity contribution >= 4 is 11.9 Å². The van der Waals surface area contributed by atoms with Gasteiger partial charge >= 0.3 is 11.9 Å². The molecule has 0 aromatic rings. The van der Waals surface area contributed by atoms with E-state index in [1.54, 1.807) is 51.3 Å². The molecule has 0 aromatic heterocycles. The van der Waals surface area contributed by atoms with Gasteiger partial charge in [0.05, 0.1) is 23.9 Å². The van der Waals surface area contributed by atoms with E-state index >= 15 is 0 Å². The van der Waals surface area contributed by atoms with Crippen molar-refractivity contribution in [2.45, 2.75) is 129 Å². The second-order valence-corrected chi connectivity index (χ2v) is 12.5. The van der Waals surface area contributed by atoms with Gasteiger partial charge in [-0.05, 0) is 57.6 Å². The molecule has 3 unspecified atom stereocenters. The zero-order valence-electron chi connectivity index (χ0n) is 26.3. The number of ether oxygens (including phenoxy) is 4. The van der Waals surface area contributed by atoms with Gasteiger partial charge in [-0.1, -0.05) is 52.0 Å². The summed E-state index contributed by atoms with van der Waals surface area (Å²) in [6, 6.07) is -0.636. The maximum Gasteiger partial charge on any atom is 0.306 e. The summed E-state index contributed by atoms with van der Waals surface area (Å²) in [7, 11) is 1.69. The van der Waals surface area contributed by atoms with Crippen LogP contribution in [0.1, 0.15) is 81.1 Å². The van der Waals surface area contributed by atoms with Crippen molar-refractivity contribution in [2.75, 3.05) is 7.11 Å². The van der Waals surface area contributed by atoms with Crippen LogP contribution in [0.5, 0.6) is 0 Å². The van der Waals surface area contributed by atoms with E-state index in [9.17, 15) is 19.8 Å². The van der Waals surface area contributed by atoms with Gasteiger partial charge in [0, 0.05) is 32.3 Å². The maximum atomic E-state index is 12.8. The minimum absolute atomic E-state index is 0.0280. The highest BCUT2D eigenvalue weighted by molar-refractivity contribution is 5.70. The molecule has 0 spiro atoms. The summed E-state index contributed by atoms with van der Waals surface area (Å²) in [5.74, 6) is -0.967. The maximum absolute atomic E-state index is 12.8. The van der Waals surface area contributed by atoms with E-state index in [4.69, 9.17) is 24.7 Å². The first kappa shape index (κ1) is 35.2. The number of methoxy groups -OCH3 is 1. The molecular formula is C32H53NO8. The van der Waals surface area contributed by atoms with Crippen molar-refractivity contribution in [1.29, 1.82) is 0 Å². The first-order valence-electron chi connectivity index (χ1n) is 14.8. The van der Waals surface area contributed by atoms with Crippen LogP contribution in [0, 0.1) is 17.8 Å². The van der Waals surface area contributed by atoms with Crippen LogP contribution < -0.4 is 5.73 Å². The average molecular weight is 580 g/mol. The highest BCUT2D eigenvalue weighted by Crippen LogP contribution is 2.38. The van der Waals surface area contributed by atoms with E-state index in [0.29, 0.717) is 12.8 Å². The van der Waals surface area contributed by atoms with E-state index in [-0.39, 0.29) is 48.5 Å². The number of hydrogen-bond donors (Lipinski definition) is 3. The molecule has 2 heterocycles. The Labute approximate surface area is 246 Å². The Balaban J connectivity index is 2.22. The largest absolute Gasteiger partial charge is 0.457 e. The number of carbonyl (C=O) groups excluding carboxylic acids is 2. The van der Waals surface area contributed by atoms with Crippen molar-refractivity contribution in [2.24, 2.45) is 23.5 Å². The molecular weight excluding hydrogens is 526 g/mol. The van der Waals surface area contributed by atoms with Crippen LogP contribution in [0.3, 0.4) is 0 Å². The number of carbonyl (C=O) groups is 2. The Morgan fingerprint density at radius 2 is 1.95 bits per heavy atom. The van der Waals surface area contributed by atoms with Gasteiger partial charge in [-0.15, -0.1) is 0 Å². The second kappa shape index (κ2) is 14.9. The van der Waals surface area contributed by atoms with E-state index in [1.165, 1.54) is 6.92 Å². The molecule has 0 aliphatic carbocycles. The number of aliphatic hydroxyl groups is 2. The fourth-order valence-corrected chi connectivity index (χ4v) is 5.55.